The predicted octanol–water partition coefficient (Wildman–Crippen LogP) is 5.17. The molecule has 1 aliphatic rings. The molecule has 5 nitrogen and oxygen atoms in total. The summed E-state index contributed by atoms with van der Waals surface area (Å²) in [5.74, 6) is -0.250. The van der Waals surface area contributed by atoms with Crippen LogP contribution in [0.15, 0.2) is 66.3 Å². The van der Waals surface area contributed by atoms with E-state index in [1.54, 1.807) is 40.8 Å². The molecule has 32 heavy (non-hydrogen) atoms. The van der Waals surface area contributed by atoms with Crippen LogP contribution in [0.5, 0.6) is 0 Å². The minimum Gasteiger partial charge on any atom is -0.351 e. The van der Waals surface area contributed by atoms with Gasteiger partial charge in [0.25, 0.3) is 0 Å². The van der Waals surface area contributed by atoms with Gasteiger partial charge in [-0.3, -0.25) is 14.6 Å². The van der Waals surface area contributed by atoms with Crippen LogP contribution in [0, 0.1) is 0 Å². The molecule has 1 atom stereocenters. The Morgan fingerprint density at radius 1 is 1.12 bits per heavy atom. The van der Waals surface area contributed by atoms with Gasteiger partial charge in [0, 0.05) is 34.9 Å². The van der Waals surface area contributed by atoms with E-state index in [0.717, 1.165) is 41.7 Å². The van der Waals surface area contributed by atoms with Crippen molar-refractivity contribution < 1.29 is 9.59 Å². The number of thiophene rings is 1. The summed E-state index contributed by atoms with van der Waals surface area (Å²) in [7, 11) is 0. The highest BCUT2D eigenvalue weighted by atomic mass is 35.5. The van der Waals surface area contributed by atoms with Crippen molar-refractivity contribution in [2.45, 2.75) is 50.7 Å². The van der Waals surface area contributed by atoms with Gasteiger partial charge in [0.1, 0.15) is 6.04 Å². The average molecular weight is 468 g/mol. The largest absolute Gasteiger partial charge is 0.351 e. The van der Waals surface area contributed by atoms with E-state index in [4.69, 9.17) is 11.6 Å². The highest BCUT2D eigenvalue weighted by Gasteiger charge is 2.33. The number of benzene rings is 1. The van der Waals surface area contributed by atoms with E-state index in [-0.39, 0.29) is 24.3 Å². The standard InChI is InChI=1S/C25H26ClN3O2S/c26-20-11-9-19(10-12-20)24(25(31)28-21-6-1-2-7-21)29(17-18-5-3-13-27-16-18)23(30)15-22-8-4-14-32-22/h3-5,8-14,16,21,24H,1-2,6-7,15,17H2,(H,28,31)/t24-/m1/s1. The fourth-order valence-corrected chi connectivity index (χ4v) is 4.97. The molecule has 0 bridgehead atoms. The van der Waals surface area contributed by atoms with Gasteiger partial charge in [-0.05, 0) is 53.6 Å². The van der Waals surface area contributed by atoms with Crippen LogP contribution in [0.1, 0.15) is 47.7 Å². The maximum Gasteiger partial charge on any atom is 0.247 e. The molecule has 1 fully saturated rings. The Morgan fingerprint density at radius 3 is 2.56 bits per heavy atom. The van der Waals surface area contributed by atoms with Gasteiger partial charge in [0.05, 0.1) is 6.42 Å². The van der Waals surface area contributed by atoms with Crippen LogP contribution in [0.2, 0.25) is 5.02 Å². The van der Waals surface area contributed by atoms with Gasteiger partial charge in [0.15, 0.2) is 0 Å². The first kappa shape index (κ1) is 22.5. The van der Waals surface area contributed by atoms with E-state index in [1.165, 1.54) is 0 Å². The van der Waals surface area contributed by atoms with Crippen LogP contribution in [-0.4, -0.2) is 27.7 Å². The third-order valence-corrected chi connectivity index (χ3v) is 6.88. The number of aromatic nitrogens is 1. The number of carbonyl (C=O) groups excluding carboxylic acids is 2. The normalized spacial score (nSPS) is 14.8. The van der Waals surface area contributed by atoms with E-state index in [9.17, 15) is 9.59 Å². The molecule has 1 aromatic carbocycles. The lowest BCUT2D eigenvalue weighted by molar-refractivity contribution is -0.141. The first-order valence-electron chi connectivity index (χ1n) is 10.9. The maximum atomic E-state index is 13.6. The molecular formula is C25H26ClN3O2S. The van der Waals surface area contributed by atoms with Gasteiger partial charge in [-0.2, -0.15) is 0 Å². The molecule has 4 rings (SSSR count). The number of amides is 2. The van der Waals surface area contributed by atoms with E-state index in [0.29, 0.717) is 11.6 Å². The van der Waals surface area contributed by atoms with Gasteiger partial charge in [0.2, 0.25) is 11.8 Å². The Balaban J connectivity index is 1.68. The molecule has 0 saturated heterocycles. The van der Waals surface area contributed by atoms with Gasteiger partial charge >= 0.3 is 0 Å². The summed E-state index contributed by atoms with van der Waals surface area (Å²) >= 11 is 7.65. The van der Waals surface area contributed by atoms with E-state index in [1.807, 2.05) is 41.8 Å². The topological polar surface area (TPSA) is 62.3 Å². The second-order valence-corrected chi connectivity index (χ2v) is 9.55. The molecule has 1 saturated carbocycles. The summed E-state index contributed by atoms with van der Waals surface area (Å²) in [5.41, 5.74) is 1.62. The van der Waals surface area contributed by atoms with Crippen molar-refractivity contribution in [2.24, 2.45) is 0 Å². The zero-order valence-corrected chi connectivity index (χ0v) is 19.3. The third kappa shape index (κ3) is 5.75. The number of carbonyl (C=O) groups is 2. The molecule has 2 amide bonds. The molecule has 2 heterocycles. The molecule has 0 unspecified atom stereocenters. The number of halogens is 1. The number of hydrogen-bond acceptors (Lipinski definition) is 4. The maximum absolute atomic E-state index is 13.6. The van der Waals surface area contributed by atoms with Crippen molar-refractivity contribution in [2.75, 3.05) is 0 Å². The fourth-order valence-electron chi connectivity index (χ4n) is 4.14. The molecule has 0 radical (unpaired) electrons. The van der Waals surface area contributed by atoms with Crippen molar-refractivity contribution in [3.8, 4) is 0 Å². The highest BCUT2D eigenvalue weighted by Crippen LogP contribution is 2.28. The smallest absolute Gasteiger partial charge is 0.247 e. The van der Waals surface area contributed by atoms with Gasteiger partial charge in [-0.15, -0.1) is 11.3 Å². The molecule has 1 N–H and O–H groups in total. The molecule has 7 heteroatoms. The SMILES string of the molecule is O=C(NC1CCCC1)[C@@H](c1ccc(Cl)cc1)N(Cc1cccnc1)C(=O)Cc1cccs1. The van der Waals surface area contributed by atoms with Crippen molar-refractivity contribution in [1.29, 1.82) is 0 Å². The second kappa shape index (κ2) is 10.7. The van der Waals surface area contributed by atoms with Crippen LogP contribution >= 0.6 is 22.9 Å². The van der Waals surface area contributed by atoms with Crippen LogP contribution in [0.3, 0.4) is 0 Å². The molecule has 166 valence electrons. The molecule has 3 aromatic rings. The van der Waals surface area contributed by atoms with Crippen molar-refractivity contribution >= 4 is 34.8 Å². The first-order chi connectivity index (χ1) is 15.6. The first-order valence-corrected chi connectivity index (χ1v) is 12.1. The molecule has 2 aromatic heterocycles. The second-order valence-electron chi connectivity index (χ2n) is 8.08. The minimum absolute atomic E-state index is 0.0992. The fraction of sp³-hybridized carbons (Fsp3) is 0.320. The average Bonchev–Trinajstić information content (AvgIpc) is 3.50. The lowest BCUT2D eigenvalue weighted by Crippen LogP contribution is -2.46. The van der Waals surface area contributed by atoms with Crippen molar-refractivity contribution in [3.05, 3.63) is 87.3 Å². The van der Waals surface area contributed by atoms with Crippen LogP contribution in [0.4, 0.5) is 0 Å². The minimum atomic E-state index is -0.750. The monoisotopic (exact) mass is 467 g/mol. The number of hydrogen-bond donors (Lipinski definition) is 1. The van der Waals surface area contributed by atoms with Crippen LogP contribution in [0.25, 0.3) is 0 Å². The Kier molecular flexibility index (Phi) is 7.55. The van der Waals surface area contributed by atoms with Crippen molar-refractivity contribution in [3.63, 3.8) is 0 Å². The van der Waals surface area contributed by atoms with Crippen LogP contribution < -0.4 is 5.32 Å². The summed E-state index contributed by atoms with van der Waals surface area (Å²) in [4.78, 5) is 33.9. The third-order valence-electron chi connectivity index (χ3n) is 5.75. The Bertz CT molecular complexity index is 1020. The van der Waals surface area contributed by atoms with Crippen molar-refractivity contribution in [1.82, 2.24) is 15.2 Å². The van der Waals surface area contributed by atoms with Gasteiger partial charge in [-0.25, -0.2) is 0 Å². The number of rotatable bonds is 8. The zero-order chi connectivity index (χ0) is 22.3. The summed E-state index contributed by atoms with van der Waals surface area (Å²) in [6.45, 7) is 0.295. The number of pyridine rings is 1. The van der Waals surface area contributed by atoms with Gasteiger partial charge in [-0.1, -0.05) is 48.7 Å². The Hall–Kier alpha value is -2.70. The van der Waals surface area contributed by atoms with E-state index in [2.05, 4.69) is 10.3 Å². The lowest BCUT2D eigenvalue weighted by atomic mass is 10.0. The Labute approximate surface area is 197 Å². The molecular weight excluding hydrogens is 442 g/mol. The quantitative estimate of drug-likeness (QED) is 0.497. The van der Waals surface area contributed by atoms with Gasteiger partial charge < -0.3 is 10.2 Å². The van der Waals surface area contributed by atoms with E-state index >= 15 is 0 Å². The Morgan fingerprint density at radius 2 is 1.91 bits per heavy atom. The summed E-state index contributed by atoms with van der Waals surface area (Å²) in [6, 6.07) is 14.2. The lowest BCUT2D eigenvalue weighted by Gasteiger charge is -2.32. The molecule has 0 aliphatic heterocycles. The number of nitrogens with zero attached hydrogens (tertiary/aromatic N) is 2. The zero-order valence-electron chi connectivity index (χ0n) is 17.7. The summed E-state index contributed by atoms with van der Waals surface area (Å²) in [6.07, 6.45) is 7.87. The van der Waals surface area contributed by atoms with Crippen LogP contribution in [-0.2, 0) is 22.6 Å². The van der Waals surface area contributed by atoms with E-state index < -0.39 is 6.04 Å². The molecule has 0 spiro atoms. The number of nitrogens with one attached hydrogen (secondary N) is 1. The summed E-state index contributed by atoms with van der Waals surface area (Å²) < 4.78 is 0. The summed E-state index contributed by atoms with van der Waals surface area (Å²) in [5, 5.41) is 5.74. The molecule has 1 aliphatic carbocycles. The highest BCUT2D eigenvalue weighted by molar-refractivity contribution is 7.10. The predicted molar refractivity (Wildman–Crippen MR) is 127 cm³/mol.